The van der Waals surface area contributed by atoms with Gasteiger partial charge in [-0.3, -0.25) is 0 Å². The van der Waals surface area contributed by atoms with Crippen LogP contribution in [0.2, 0.25) is 0 Å². The normalized spacial score (nSPS) is 16.3. The smallest absolute Gasteiger partial charge is 0.0674 e. The Morgan fingerprint density at radius 2 is 1.84 bits per heavy atom. The summed E-state index contributed by atoms with van der Waals surface area (Å²) in [6.45, 7) is 6.92. The van der Waals surface area contributed by atoms with Gasteiger partial charge in [0.15, 0.2) is 0 Å². The molecule has 0 aliphatic rings. The van der Waals surface area contributed by atoms with Crippen LogP contribution in [0.15, 0.2) is 30.3 Å². The zero-order valence-electron chi connectivity index (χ0n) is 12.5. The van der Waals surface area contributed by atoms with Gasteiger partial charge in [0.2, 0.25) is 0 Å². The van der Waals surface area contributed by atoms with Gasteiger partial charge in [-0.2, -0.15) is 11.8 Å². The highest BCUT2D eigenvalue weighted by molar-refractivity contribution is 7.99. The largest absolute Gasteiger partial charge is 0.394 e. The summed E-state index contributed by atoms with van der Waals surface area (Å²) >= 11 is 1.99. The summed E-state index contributed by atoms with van der Waals surface area (Å²) in [6, 6.07) is 10.2. The van der Waals surface area contributed by atoms with E-state index in [0.717, 1.165) is 17.7 Å². The fourth-order valence-corrected chi connectivity index (χ4v) is 3.25. The summed E-state index contributed by atoms with van der Waals surface area (Å²) in [5.41, 5.74) is 0.850. The second-order valence-corrected chi connectivity index (χ2v) is 6.91. The molecule has 1 rings (SSSR count). The SMILES string of the molecule is CNC(CO)(CCSC(C)C(C)C)c1ccccc1. The fraction of sp³-hybridized carbons (Fsp3) is 0.625. The molecule has 0 saturated heterocycles. The molecule has 19 heavy (non-hydrogen) atoms. The van der Waals surface area contributed by atoms with Crippen LogP contribution < -0.4 is 5.32 Å². The standard InChI is InChI=1S/C16H27NOS/c1-13(2)14(3)19-11-10-16(12-18,17-4)15-8-6-5-7-9-15/h5-9,13-14,17-18H,10-12H2,1-4H3. The zero-order valence-corrected chi connectivity index (χ0v) is 13.3. The van der Waals surface area contributed by atoms with Crippen molar-refractivity contribution in [1.29, 1.82) is 0 Å². The van der Waals surface area contributed by atoms with E-state index in [1.807, 2.05) is 37.0 Å². The molecule has 0 aliphatic heterocycles. The molecule has 2 N–H and O–H groups in total. The van der Waals surface area contributed by atoms with Crippen molar-refractivity contribution in [3.63, 3.8) is 0 Å². The molecule has 2 atom stereocenters. The molecule has 2 unspecified atom stereocenters. The Labute approximate surface area is 122 Å². The monoisotopic (exact) mass is 281 g/mol. The lowest BCUT2D eigenvalue weighted by atomic mass is 9.88. The van der Waals surface area contributed by atoms with Crippen LogP contribution in [0.25, 0.3) is 0 Å². The number of thioether (sulfide) groups is 1. The maximum absolute atomic E-state index is 9.83. The summed E-state index contributed by atoms with van der Waals surface area (Å²) in [6.07, 6.45) is 0.936. The van der Waals surface area contributed by atoms with E-state index < -0.39 is 0 Å². The van der Waals surface area contributed by atoms with Gasteiger partial charge in [0.1, 0.15) is 0 Å². The summed E-state index contributed by atoms with van der Waals surface area (Å²) < 4.78 is 0. The van der Waals surface area contributed by atoms with Crippen LogP contribution in [0.1, 0.15) is 32.8 Å². The van der Waals surface area contributed by atoms with Gasteiger partial charge in [0.25, 0.3) is 0 Å². The Bertz CT molecular complexity index is 349. The summed E-state index contributed by atoms with van der Waals surface area (Å²) in [4.78, 5) is 0. The van der Waals surface area contributed by atoms with E-state index in [9.17, 15) is 5.11 Å². The zero-order chi connectivity index (χ0) is 14.3. The molecule has 1 aromatic rings. The van der Waals surface area contributed by atoms with Crippen LogP contribution in [0.3, 0.4) is 0 Å². The quantitative estimate of drug-likeness (QED) is 0.767. The Morgan fingerprint density at radius 1 is 1.21 bits per heavy atom. The molecular weight excluding hydrogens is 254 g/mol. The third kappa shape index (κ3) is 4.51. The Kier molecular flexibility index (Phi) is 6.90. The molecule has 2 nitrogen and oxygen atoms in total. The van der Waals surface area contributed by atoms with Crippen molar-refractivity contribution in [3.8, 4) is 0 Å². The van der Waals surface area contributed by atoms with Gasteiger partial charge < -0.3 is 10.4 Å². The Morgan fingerprint density at radius 3 is 2.32 bits per heavy atom. The number of hydrogen-bond donors (Lipinski definition) is 2. The summed E-state index contributed by atoms with van der Waals surface area (Å²) in [5, 5.41) is 13.8. The van der Waals surface area contributed by atoms with Gasteiger partial charge >= 0.3 is 0 Å². The predicted molar refractivity (Wildman–Crippen MR) is 85.6 cm³/mol. The molecule has 0 radical (unpaired) electrons. The molecule has 0 heterocycles. The van der Waals surface area contributed by atoms with Gasteiger partial charge in [-0.1, -0.05) is 51.1 Å². The number of aliphatic hydroxyl groups excluding tert-OH is 1. The maximum Gasteiger partial charge on any atom is 0.0674 e. The van der Waals surface area contributed by atoms with Gasteiger partial charge in [-0.15, -0.1) is 0 Å². The van der Waals surface area contributed by atoms with Crippen LogP contribution in [0.5, 0.6) is 0 Å². The Balaban J connectivity index is 2.68. The van der Waals surface area contributed by atoms with E-state index in [1.165, 1.54) is 0 Å². The van der Waals surface area contributed by atoms with Crippen LogP contribution in [-0.2, 0) is 5.54 Å². The van der Waals surface area contributed by atoms with Crippen molar-refractivity contribution in [2.75, 3.05) is 19.4 Å². The van der Waals surface area contributed by atoms with Crippen LogP contribution >= 0.6 is 11.8 Å². The number of nitrogens with one attached hydrogen (secondary N) is 1. The average molecular weight is 281 g/mol. The molecule has 0 amide bonds. The third-order valence-electron chi connectivity index (χ3n) is 3.92. The van der Waals surface area contributed by atoms with Crippen LogP contribution in [0, 0.1) is 5.92 Å². The number of hydrogen-bond acceptors (Lipinski definition) is 3. The first-order chi connectivity index (χ1) is 9.05. The topological polar surface area (TPSA) is 32.3 Å². The fourth-order valence-electron chi connectivity index (χ4n) is 2.03. The van der Waals surface area contributed by atoms with E-state index in [2.05, 4.69) is 38.2 Å². The van der Waals surface area contributed by atoms with Gasteiger partial charge in [0.05, 0.1) is 12.1 Å². The number of aliphatic hydroxyl groups is 1. The number of likely N-dealkylation sites (N-methyl/N-ethyl adjacent to an activating group) is 1. The predicted octanol–water partition coefficient (Wildman–Crippen LogP) is 3.26. The highest BCUT2D eigenvalue weighted by Crippen LogP contribution is 2.28. The minimum atomic E-state index is -0.315. The second-order valence-electron chi connectivity index (χ2n) is 5.43. The first-order valence-electron chi connectivity index (χ1n) is 7.02. The van der Waals surface area contributed by atoms with Gasteiger partial charge in [-0.05, 0) is 30.7 Å². The van der Waals surface area contributed by atoms with Gasteiger partial charge in [0, 0.05) is 5.25 Å². The first-order valence-corrected chi connectivity index (χ1v) is 8.07. The van der Waals surface area contributed by atoms with Crippen molar-refractivity contribution in [1.82, 2.24) is 5.32 Å². The highest BCUT2D eigenvalue weighted by atomic mass is 32.2. The van der Waals surface area contributed by atoms with Crippen molar-refractivity contribution >= 4 is 11.8 Å². The maximum atomic E-state index is 9.83. The molecular formula is C16H27NOS. The number of benzene rings is 1. The molecule has 0 saturated carbocycles. The van der Waals surface area contributed by atoms with Crippen molar-refractivity contribution in [2.45, 2.75) is 38.0 Å². The third-order valence-corrected chi connectivity index (χ3v) is 5.43. The van der Waals surface area contributed by atoms with E-state index in [1.54, 1.807) is 0 Å². The minimum absolute atomic E-state index is 0.129. The highest BCUT2D eigenvalue weighted by Gasteiger charge is 2.29. The molecule has 3 heteroatoms. The van der Waals surface area contributed by atoms with E-state index >= 15 is 0 Å². The lowest BCUT2D eigenvalue weighted by molar-refractivity contribution is 0.165. The first kappa shape index (κ1) is 16.5. The van der Waals surface area contributed by atoms with Crippen molar-refractivity contribution in [2.24, 2.45) is 5.92 Å². The van der Waals surface area contributed by atoms with Crippen LogP contribution in [0.4, 0.5) is 0 Å². The number of rotatable bonds is 8. The summed E-state index contributed by atoms with van der Waals surface area (Å²) in [5.74, 6) is 1.75. The lowest BCUT2D eigenvalue weighted by Crippen LogP contribution is -2.44. The molecule has 108 valence electrons. The molecule has 0 aromatic heterocycles. The molecule has 1 aromatic carbocycles. The van der Waals surface area contributed by atoms with Crippen LogP contribution in [-0.4, -0.2) is 29.8 Å². The van der Waals surface area contributed by atoms with Crippen molar-refractivity contribution < 1.29 is 5.11 Å². The molecule has 0 fully saturated rings. The molecule has 0 bridgehead atoms. The average Bonchev–Trinajstić information content (AvgIpc) is 2.44. The van der Waals surface area contributed by atoms with Gasteiger partial charge in [-0.25, -0.2) is 0 Å². The van der Waals surface area contributed by atoms with Crippen molar-refractivity contribution in [3.05, 3.63) is 35.9 Å². The summed E-state index contributed by atoms with van der Waals surface area (Å²) in [7, 11) is 1.93. The second kappa shape index (κ2) is 7.93. The van der Waals surface area contributed by atoms with E-state index in [-0.39, 0.29) is 12.1 Å². The Hall–Kier alpha value is -0.510. The van der Waals surface area contributed by atoms with E-state index in [4.69, 9.17) is 0 Å². The minimum Gasteiger partial charge on any atom is -0.394 e. The molecule has 0 aliphatic carbocycles. The van der Waals surface area contributed by atoms with E-state index in [0.29, 0.717) is 11.2 Å². The lowest BCUT2D eigenvalue weighted by Gasteiger charge is -2.32. The molecule has 0 spiro atoms.